The number of aryl methyl sites for hydroxylation is 1. The maximum atomic E-state index is 14.4. The van der Waals surface area contributed by atoms with Crippen molar-refractivity contribution >= 4 is 27.5 Å². The summed E-state index contributed by atoms with van der Waals surface area (Å²) in [5.74, 6) is -1.22. The zero-order valence-electron chi connectivity index (χ0n) is 12.4. The van der Waals surface area contributed by atoms with Gasteiger partial charge in [-0.05, 0) is 48.7 Å². The van der Waals surface area contributed by atoms with E-state index < -0.39 is 17.5 Å². The lowest BCUT2D eigenvalue weighted by Crippen LogP contribution is -2.36. The lowest BCUT2D eigenvalue weighted by Gasteiger charge is -2.30. The van der Waals surface area contributed by atoms with E-state index in [1.165, 1.54) is 30.2 Å². The number of fused-ring (bicyclic) bond motifs is 1. The average Bonchev–Trinajstić information content (AvgIpc) is 2.53. The Kier molecular flexibility index (Phi) is 4.35. The molecule has 0 saturated carbocycles. The van der Waals surface area contributed by atoms with Crippen LogP contribution in [0.4, 0.5) is 14.5 Å². The predicted molar refractivity (Wildman–Crippen MR) is 87.0 cm³/mol. The van der Waals surface area contributed by atoms with Crippen molar-refractivity contribution in [3.8, 4) is 5.75 Å². The highest BCUT2D eigenvalue weighted by Crippen LogP contribution is 2.35. The molecule has 1 amide bonds. The normalized spacial score (nSPS) is 13.7. The molecule has 1 aliphatic heterocycles. The van der Waals surface area contributed by atoms with E-state index in [-0.39, 0.29) is 17.0 Å². The number of carbonyl (C=O) groups excluding carboxylic acids is 1. The molecule has 23 heavy (non-hydrogen) atoms. The molecular weight excluding hydrogens is 368 g/mol. The maximum Gasteiger partial charge on any atom is 0.262 e. The van der Waals surface area contributed by atoms with E-state index in [1.54, 1.807) is 6.07 Å². The van der Waals surface area contributed by atoms with Crippen LogP contribution in [0.3, 0.4) is 0 Å². The van der Waals surface area contributed by atoms with Crippen LogP contribution in [0.1, 0.15) is 22.3 Å². The standard InChI is InChI=1S/C17H14BrF2NO2/c1-23-15-5-4-12(19)9-13(15)17(22)21-6-2-3-10-7-11(18)8-14(20)16(10)21/h4-5,7-9H,2-3,6H2,1H3. The minimum absolute atomic E-state index is 0.0858. The summed E-state index contributed by atoms with van der Waals surface area (Å²) in [6.07, 6.45) is 1.40. The number of benzene rings is 2. The van der Waals surface area contributed by atoms with Gasteiger partial charge >= 0.3 is 0 Å². The smallest absolute Gasteiger partial charge is 0.262 e. The summed E-state index contributed by atoms with van der Waals surface area (Å²) >= 11 is 3.26. The summed E-state index contributed by atoms with van der Waals surface area (Å²) in [5.41, 5.74) is 1.10. The molecular formula is C17H14BrF2NO2. The third-order valence-electron chi connectivity index (χ3n) is 3.84. The van der Waals surface area contributed by atoms with Crippen LogP contribution in [0, 0.1) is 11.6 Å². The number of methoxy groups -OCH3 is 1. The Hall–Kier alpha value is -1.95. The fourth-order valence-electron chi connectivity index (χ4n) is 2.85. The van der Waals surface area contributed by atoms with Crippen LogP contribution in [-0.2, 0) is 6.42 Å². The summed E-state index contributed by atoms with van der Waals surface area (Å²) in [7, 11) is 1.41. The van der Waals surface area contributed by atoms with Gasteiger partial charge in [-0.15, -0.1) is 0 Å². The van der Waals surface area contributed by atoms with Crippen molar-refractivity contribution in [2.45, 2.75) is 12.8 Å². The fraction of sp³-hybridized carbons (Fsp3) is 0.235. The van der Waals surface area contributed by atoms with Gasteiger partial charge in [0.05, 0.1) is 18.4 Å². The van der Waals surface area contributed by atoms with Crippen molar-refractivity contribution in [3.63, 3.8) is 0 Å². The number of hydrogen-bond donors (Lipinski definition) is 0. The highest BCUT2D eigenvalue weighted by molar-refractivity contribution is 9.10. The Bertz CT molecular complexity index is 779. The number of rotatable bonds is 2. The van der Waals surface area contributed by atoms with Crippen LogP contribution >= 0.6 is 15.9 Å². The molecule has 1 heterocycles. The molecule has 2 aromatic carbocycles. The molecule has 0 N–H and O–H groups in total. The molecule has 0 saturated heterocycles. The summed E-state index contributed by atoms with van der Waals surface area (Å²) in [6, 6.07) is 6.86. The van der Waals surface area contributed by atoms with Gasteiger partial charge in [-0.25, -0.2) is 8.78 Å². The highest BCUT2D eigenvalue weighted by atomic mass is 79.9. The molecule has 0 atom stereocenters. The van der Waals surface area contributed by atoms with Crippen LogP contribution < -0.4 is 9.64 Å². The lowest BCUT2D eigenvalue weighted by atomic mass is 10.00. The van der Waals surface area contributed by atoms with E-state index >= 15 is 0 Å². The van der Waals surface area contributed by atoms with Crippen LogP contribution in [0.15, 0.2) is 34.8 Å². The minimum Gasteiger partial charge on any atom is -0.496 e. The average molecular weight is 382 g/mol. The summed E-state index contributed by atoms with van der Waals surface area (Å²) in [6.45, 7) is 0.379. The van der Waals surface area contributed by atoms with Crippen LogP contribution in [0.25, 0.3) is 0 Å². The predicted octanol–water partition coefficient (Wildman–Crippen LogP) is 4.33. The van der Waals surface area contributed by atoms with Gasteiger partial charge in [0, 0.05) is 11.0 Å². The minimum atomic E-state index is -0.539. The topological polar surface area (TPSA) is 29.5 Å². The molecule has 0 aromatic heterocycles. The van der Waals surface area contributed by atoms with Crippen LogP contribution in [-0.4, -0.2) is 19.6 Å². The zero-order chi connectivity index (χ0) is 16.6. The first-order valence-corrected chi connectivity index (χ1v) is 7.94. The van der Waals surface area contributed by atoms with E-state index in [0.29, 0.717) is 23.9 Å². The zero-order valence-corrected chi connectivity index (χ0v) is 14.0. The first-order chi connectivity index (χ1) is 11.0. The first kappa shape index (κ1) is 15.9. The van der Waals surface area contributed by atoms with E-state index in [4.69, 9.17) is 4.74 Å². The molecule has 3 nitrogen and oxygen atoms in total. The number of amides is 1. The van der Waals surface area contributed by atoms with Gasteiger partial charge in [-0.1, -0.05) is 15.9 Å². The van der Waals surface area contributed by atoms with Crippen molar-refractivity contribution in [1.82, 2.24) is 0 Å². The quantitative estimate of drug-likeness (QED) is 0.774. The van der Waals surface area contributed by atoms with Crippen LogP contribution in [0.2, 0.25) is 0 Å². The van der Waals surface area contributed by atoms with Crippen molar-refractivity contribution in [3.05, 3.63) is 57.6 Å². The highest BCUT2D eigenvalue weighted by Gasteiger charge is 2.29. The van der Waals surface area contributed by atoms with Gasteiger partial charge in [0.1, 0.15) is 17.4 Å². The molecule has 0 radical (unpaired) electrons. The van der Waals surface area contributed by atoms with Crippen molar-refractivity contribution in [1.29, 1.82) is 0 Å². The second kappa shape index (κ2) is 6.28. The first-order valence-electron chi connectivity index (χ1n) is 7.14. The van der Waals surface area contributed by atoms with E-state index in [9.17, 15) is 13.6 Å². The number of anilines is 1. The number of nitrogens with zero attached hydrogens (tertiary/aromatic N) is 1. The molecule has 0 bridgehead atoms. The van der Waals surface area contributed by atoms with Crippen molar-refractivity contribution in [2.24, 2.45) is 0 Å². The maximum absolute atomic E-state index is 14.4. The molecule has 120 valence electrons. The fourth-order valence-corrected chi connectivity index (χ4v) is 3.32. The van der Waals surface area contributed by atoms with E-state index in [2.05, 4.69) is 15.9 Å². The molecule has 6 heteroatoms. The molecule has 3 rings (SSSR count). The van der Waals surface area contributed by atoms with Gasteiger partial charge in [0.15, 0.2) is 0 Å². The molecule has 0 spiro atoms. The molecule has 2 aromatic rings. The molecule has 1 aliphatic rings. The lowest BCUT2D eigenvalue weighted by molar-refractivity contribution is 0.0980. The summed E-state index contributed by atoms with van der Waals surface area (Å²) in [4.78, 5) is 14.2. The second-order valence-corrected chi connectivity index (χ2v) is 6.22. The van der Waals surface area contributed by atoms with Crippen molar-refractivity contribution < 1.29 is 18.3 Å². The van der Waals surface area contributed by atoms with Crippen molar-refractivity contribution in [2.75, 3.05) is 18.6 Å². The summed E-state index contributed by atoms with van der Waals surface area (Å²) in [5, 5.41) is 0. The summed E-state index contributed by atoms with van der Waals surface area (Å²) < 4.78 is 33.7. The number of ether oxygens (including phenoxy) is 1. The van der Waals surface area contributed by atoms with Gasteiger partial charge in [0.25, 0.3) is 5.91 Å². The van der Waals surface area contributed by atoms with Gasteiger partial charge in [-0.2, -0.15) is 0 Å². The number of carbonyl (C=O) groups is 1. The Morgan fingerprint density at radius 3 is 2.78 bits per heavy atom. The Balaban J connectivity index is 2.08. The second-order valence-electron chi connectivity index (χ2n) is 5.30. The Morgan fingerprint density at radius 2 is 2.04 bits per heavy atom. The molecule has 0 unspecified atom stereocenters. The van der Waals surface area contributed by atoms with Gasteiger partial charge < -0.3 is 9.64 Å². The largest absolute Gasteiger partial charge is 0.496 e. The Labute approximate surface area is 141 Å². The number of halogens is 3. The molecule has 0 fully saturated rings. The monoisotopic (exact) mass is 381 g/mol. The third kappa shape index (κ3) is 2.95. The SMILES string of the molecule is COc1ccc(F)cc1C(=O)N1CCCc2cc(Br)cc(F)c21. The molecule has 0 aliphatic carbocycles. The van der Waals surface area contributed by atoms with Gasteiger partial charge in [0.2, 0.25) is 0 Å². The van der Waals surface area contributed by atoms with Crippen LogP contribution in [0.5, 0.6) is 5.75 Å². The van der Waals surface area contributed by atoms with E-state index in [0.717, 1.165) is 11.6 Å². The van der Waals surface area contributed by atoms with E-state index in [1.807, 2.05) is 0 Å². The third-order valence-corrected chi connectivity index (χ3v) is 4.30. The van der Waals surface area contributed by atoms with Gasteiger partial charge in [-0.3, -0.25) is 4.79 Å². The Morgan fingerprint density at radius 1 is 1.26 bits per heavy atom. The number of hydrogen-bond acceptors (Lipinski definition) is 2.